The van der Waals surface area contributed by atoms with Gasteiger partial charge >= 0.3 is 0 Å². The zero-order valence-electron chi connectivity index (χ0n) is 16.4. The van der Waals surface area contributed by atoms with Gasteiger partial charge in [-0.25, -0.2) is 0 Å². The normalized spacial score (nSPS) is 11.1. The summed E-state index contributed by atoms with van der Waals surface area (Å²) >= 11 is 0. The summed E-state index contributed by atoms with van der Waals surface area (Å²) in [5.74, 6) is 0.806. The van der Waals surface area contributed by atoms with Gasteiger partial charge in [0.2, 0.25) is 0 Å². The van der Waals surface area contributed by atoms with Crippen LogP contribution in [0.3, 0.4) is 0 Å². The molecule has 0 saturated carbocycles. The van der Waals surface area contributed by atoms with Crippen LogP contribution in [0.25, 0.3) is 0 Å². The van der Waals surface area contributed by atoms with Gasteiger partial charge in [-0.3, -0.25) is 14.4 Å². The summed E-state index contributed by atoms with van der Waals surface area (Å²) in [5, 5.41) is 15.4. The number of guanidine groups is 1. The fourth-order valence-corrected chi connectivity index (χ4v) is 2.89. The molecule has 0 amide bonds. The average Bonchev–Trinajstić information content (AvgIpc) is 3.34. The van der Waals surface area contributed by atoms with Gasteiger partial charge in [0.15, 0.2) is 5.96 Å². The molecule has 2 aromatic heterocycles. The first kappa shape index (κ1) is 21.9. The monoisotopic (exact) mass is 493 g/mol. The predicted octanol–water partition coefficient (Wildman–Crippen LogP) is 2.81. The molecule has 0 saturated heterocycles. The van der Waals surface area contributed by atoms with Gasteiger partial charge in [-0.05, 0) is 36.1 Å². The zero-order chi connectivity index (χ0) is 18.9. The Morgan fingerprint density at radius 1 is 1.07 bits per heavy atom. The largest absolute Gasteiger partial charge is 0.356 e. The Morgan fingerprint density at radius 2 is 1.89 bits per heavy atom. The molecule has 0 atom stereocenters. The Labute approximate surface area is 183 Å². The van der Waals surface area contributed by atoms with E-state index in [-0.39, 0.29) is 24.0 Å². The smallest absolute Gasteiger partial charge is 0.191 e. The molecule has 3 rings (SSSR count). The fourth-order valence-electron chi connectivity index (χ4n) is 2.89. The summed E-state index contributed by atoms with van der Waals surface area (Å²) in [5.41, 5.74) is 3.68. The molecule has 0 aliphatic carbocycles. The molecule has 2 N–H and O–H groups in total. The maximum Gasteiger partial charge on any atom is 0.191 e. The van der Waals surface area contributed by atoms with Crippen LogP contribution in [0.1, 0.15) is 23.1 Å². The van der Waals surface area contributed by atoms with Crippen LogP contribution in [0.4, 0.5) is 0 Å². The second-order valence-corrected chi connectivity index (χ2v) is 6.46. The summed E-state index contributed by atoms with van der Waals surface area (Å²) in [7, 11) is 1.79. The molecule has 3 aromatic rings. The van der Waals surface area contributed by atoms with Gasteiger partial charge in [-0.15, -0.1) is 24.0 Å². The minimum absolute atomic E-state index is 0. The molecule has 0 spiro atoms. The third-order valence-electron chi connectivity index (χ3n) is 4.30. The van der Waals surface area contributed by atoms with Crippen LogP contribution < -0.4 is 10.6 Å². The highest BCUT2D eigenvalue weighted by Gasteiger charge is 2.04. The van der Waals surface area contributed by atoms with Crippen molar-refractivity contribution in [3.63, 3.8) is 0 Å². The molecule has 2 heterocycles. The highest BCUT2D eigenvalue weighted by atomic mass is 127. The molecule has 0 radical (unpaired) electrons. The molecule has 8 heteroatoms. The Bertz CT molecular complexity index is 855. The lowest BCUT2D eigenvalue weighted by molar-refractivity contribution is 0.570. The van der Waals surface area contributed by atoms with Gasteiger partial charge in [0.1, 0.15) is 0 Å². The number of halogens is 1. The minimum Gasteiger partial charge on any atom is -0.356 e. The van der Waals surface area contributed by atoms with Crippen LogP contribution >= 0.6 is 24.0 Å². The van der Waals surface area contributed by atoms with E-state index in [1.165, 1.54) is 16.7 Å². The van der Waals surface area contributed by atoms with E-state index in [0.29, 0.717) is 0 Å². The number of nitrogens with one attached hydrogen (secondary N) is 2. The summed E-state index contributed by atoms with van der Waals surface area (Å²) in [6.07, 6.45) is 8.71. The summed E-state index contributed by atoms with van der Waals surface area (Å²) in [4.78, 5) is 4.31. The molecule has 7 nitrogen and oxygen atoms in total. The quantitative estimate of drug-likeness (QED) is 0.219. The standard InChI is InChI=1S/C20H27N7.HI/c1-17-13-25-26(15-17)11-5-9-22-20(21-2)23-14-18-7-3-4-8-19(18)16-27-12-6-10-24-27;/h3-4,6-8,10,12-13,15H,5,9,11,14,16H2,1-2H3,(H2,21,22,23);1H. The molecule has 0 aliphatic heterocycles. The van der Waals surface area contributed by atoms with Crippen LogP contribution in [-0.4, -0.2) is 39.1 Å². The molecule has 0 unspecified atom stereocenters. The summed E-state index contributed by atoms with van der Waals surface area (Å²) in [6, 6.07) is 10.3. The number of aliphatic imine (C=N–C) groups is 1. The van der Waals surface area contributed by atoms with Gasteiger partial charge in [-0.1, -0.05) is 24.3 Å². The second kappa shape index (κ2) is 11.5. The third kappa shape index (κ3) is 6.66. The number of nitrogens with zero attached hydrogens (tertiary/aromatic N) is 5. The molecule has 1 aromatic carbocycles. The maximum atomic E-state index is 4.31. The molecule has 28 heavy (non-hydrogen) atoms. The summed E-state index contributed by atoms with van der Waals surface area (Å²) in [6.45, 7) is 5.27. The van der Waals surface area contributed by atoms with Crippen molar-refractivity contribution in [2.75, 3.05) is 13.6 Å². The first-order chi connectivity index (χ1) is 13.2. The molecular weight excluding hydrogens is 465 g/mol. The van der Waals surface area contributed by atoms with Gasteiger partial charge in [-0.2, -0.15) is 10.2 Å². The first-order valence-electron chi connectivity index (χ1n) is 9.22. The van der Waals surface area contributed by atoms with E-state index in [1.807, 2.05) is 27.8 Å². The van der Waals surface area contributed by atoms with Crippen molar-refractivity contribution < 1.29 is 0 Å². The van der Waals surface area contributed by atoms with Crippen molar-refractivity contribution in [1.29, 1.82) is 0 Å². The lowest BCUT2D eigenvalue weighted by atomic mass is 10.1. The van der Waals surface area contributed by atoms with Gasteiger partial charge < -0.3 is 10.6 Å². The average molecular weight is 493 g/mol. The third-order valence-corrected chi connectivity index (χ3v) is 4.30. The first-order valence-corrected chi connectivity index (χ1v) is 9.22. The summed E-state index contributed by atoms with van der Waals surface area (Å²) < 4.78 is 3.90. The van der Waals surface area contributed by atoms with Gasteiger partial charge in [0.25, 0.3) is 0 Å². The molecular formula is C20H28IN7. The highest BCUT2D eigenvalue weighted by Crippen LogP contribution is 2.10. The SMILES string of the molecule is CN=C(NCCCn1cc(C)cn1)NCc1ccccc1Cn1cccn1.I. The lowest BCUT2D eigenvalue weighted by Gasteiger charge is -2.14. The van der Waals surface area contributed by atoms with Crippen molar-refractivity contribution in [1.82, 2.24) is 30.2 Å². The fraction of sp³-hybridized carbons (Fsp3) is 0.350. The Hall–Kier alpha value is -2.36. The van der Waals surface area contributed by atoms with Crippen molar-refractivity contribution in [3.8, 4) is 0 Å². The number of benzene rings is 1. The van der Waals surface area contributed by atoms with Crippen LogP contribution in [0.15, 0.2) is 60.1 Å². The maximum absolute atomic E-state index is 4.31. The molecule has 0 bridgehead atoms. The number of aromatic nitrogens is 4. The van der Waals surface area contributed by atoms with E-state index in [9.17, 15) is 0 Å². The number of rotatable bonds is 8. The molecule has 150 valence electrons. The van der Waals surface area contributed by atoms with Crippen LogP contribution in [0, 0.1) is 6.92 Å². The van der Waals surface area contributed by atoms with Crippen LogP contribution in [-0.2, 0) is 19.6 Å². The van der Waals surface area contributed by atoms with Crippen LogP contribution in [0.2, 0.25) is 0 Å². The zero-order valence-corrected chi connectivity index (χ0v) is 18.7. The van der Waals surface area contributed by atoms with E-state index in [2.05, 4.69) is 63.2 Å². The van der Waals surface area contributed by atoms with Crippen molar-refractivity contribution in [2.45, 2.75) is 33.0 Å². The van der Waals surface area contributed by atoms with Crippen molar-refractivity contribution in [3.05, 3.63) is 71.8 Å². The second-order valence-electron chi connectivity index (χ2n) is 6.46. The number of aryl methyl sites for hydroxylation is 2. The van der Waals surface area contributed by atoms with E-state index >= 15 is 0 Å². The van der Waals surface area contributed by atoms with Crippen LogP contribution in [0.5, 0.6) is 0 Å². The van der Waals surface area contributed by atoms with Crippen molar-refractivity contribution in [2.24, 2.45) is 4.99 Å². The lowest BCUT2D eigenvalue weighted by Crippen LogP contribution is -2.37. The Morgan fingerprint density at radius 3 is 2.57 bits per heavy atom. The van der Waals surface area contributed by atoms with E-state index in [4.69, 9.17) is 0 Å². The van der Waals surface area contributed by atoms with E-state index in [1.54, 1.807) is 13.2 Å². The van der Waals surface area contributed by atoms with Gasteiger partial charge in [0.05, 0.1) is 12.7 Å². The van der Waals surface area contributed by atoms with Gasteiger partial charge in [0, 0.05) is 45.3 Å². The minimum atomic E-state index is 0. The molecule has 0 aliphatic rings. The molecule has 0 fully saturated rings. The van der Waals surface area contributed by atoms with E-state index < -0.39 is 0 Å². The van der Waals surface area contributed by atoms with Crippen molar-refractivity contribution >= 4 is 29.9 Å². The highest BCUT2D eigenvalue weighted by molar-refractivity contribution is 14.0. The Kier molecular flexibility index (Phi) is 8.99. The Balaban J connectivity index is 0.00000280. The number of hydrogen-bond donors (Lipinski definition) is 2. The predicted molar refractivity (Wildman–Crippen MR) is 123 cm³/mol. The topological polar surface area (TPSA) is 72.1 Å². The number of hydrogen-bond acceptors (Lipinski definition) is 3. The van der Waals surface area contributed by atoms with E-state index in [0.717, 1.165) is 38.6 Å².